The second-order valence-electron chi connectivity index (χ2n) is 7.87. The molecule has 0 atom stereocenters. The summed E-state index contributed by atoms with van der Waals surface area (Å²) in [5, 5.41) is 12.7. The van der Waals surface area contributed by atoms with Crippen LogP contribution in [0.4, 0.5) is 4.79 Å². The van der Waals surface area contributed by atoms with Gasteiger partial charge in [0.25, 0.3) is 5.91 Å². The highest BCUT2D eigenvalue weighted by Gasteiger charge is 2.24. The van der Waals surface area contributed by atoms with Gasteiger partial charge in [0.05, 0.1) is 23.3 Å². The van der Waals surface area contributed by atoms with E-state index in [1.165, 1.54) is 4.57 Å². The third-order valence-corrected chi connectivity index (χ3v) is 4.41. The molecule has 9 heteroatoms. The van der Waals surface area contributed by atoms with Crippen LogP contribution in [0.3, 0.4) is 0 Å². The lowest BCUT2D eigenvalue weighted by atomic mass is 10.1. The molecule has 0 radical (unpaired) electrons. The summed E-state index contributed by atoms with van der Waals surface area (Å²) in [6.45, 7) is 7.81. The zero-order valence-electron chi connectivity index (χ0n) is 17.5. The van der Waals surface area contributed by atoms with E-state index in [0.717, 1.165) is 10.8 Å². The van der Waals surface area contributed by atoms with E-state index in [2.05, 4.69) is 15.1 Å². The summed E-state index contributed by atoms with van der Waals surface area (Å²) in [5.41, 5.74) is 3.06. The molecule has 3 aromatic rings. The van der Waals surface area contributed by atoms with Gasteiger partial charge in [-0.2, -0.15) is 0 Å². The van der Waals surface area contributed by atoms with Gasteiger partial charge in [-0.15, -0.1) is 0 Å². The number of aryl methyl sites for hydroxylation is 1. The normalized spacial score (nSPS) is 11.8. The number of rotatable bonds is 6. The zero-order valence-corrected chi connectivity index (χ0v) is 17.5. The first-order valence-corrected chi connectivity index (χ1v) is 9.66. The van der Waals surface area contributed by atoms with Crippen molar-refractivity contribution in [3.05, 3.63) is 41.7 Å². The molecule has 0 fully saturated rings. The van der Waals surface area contributed by atoms with Crippen LogP contribution < -0.4 is 11.0 Å². The van der Waals surface area contributed by atoms with Crippen molar-refractivity contribution in [3.8, 4) is 0 Å². The number of pyridine rings is 1. The summed E-state index contributed by atoms with van der Waals surface area (Å²) < 4.78 is 7.11. The molecule has 0 unspecified atom stereocenters. The highest BCUT2D eigenvalue weighted by Crippen LogP contribution is 2.31. The number of hydrogen-bond acceptors (Lipinski definition) is 7. The molecule has 0 aliphatic rings. The molecule has 1 amide bonds. The molecular formula is C21H26N4O5. The Labute approximate surface area is 173 Å². The Morgan fingerprint density at radius 2 is 1.93 bits per heavy atom. The summed E-state index contributed by atoms with van der Waals surface area (Å²) in [4.78, 5) is 34.5. The van der Waals surface area contributed by atoms with Crippen LogP contribution in [0, 0.1) is 6.92 Å². The van der Waals surface area contributed by atoms with Crippen molar-refractivity contribution in [2.24, 2.45) is 0 Å². The number of nitrogens with one attached hydrogen (secondary N) is 2. The van der Waals surface area contributed by atoms with Crippen molar-refractivity contribution in [2.45, 2.75) is 39.7 Å². The standard InChI is InChI=1S/C21H26N4O5/c1-13-18-15(12-16(23-13)19(26)22-10-7-11-29-24-28)14-8-5-6-9-17(14)25(18)20(27)30-21(2,3)4/h5-6,8-9,12,24,28H,7,10-11H2,1-4H3,(H,22,26). The maximum atomic E-state index is 12.9. The minimum atomic E-state index is -0.648. The van der Waals surface area contributed by atoms with Gasteiger partial charge in [0, 0.05) is 17.3 Å². The van der Waals surface area contributed by atoms with Crippen LogP contribution in [0.5, 0.6) is 0 Å². The van der Waals surface area contributed by atoms with Gasteiger partial charge in [0.15, 0.2) is 0 Å². The molecule has 0 aliphatic carbocycles. The Bertz CT molecular complexity index is 1080. The van der Waals surface area contributed by atoms with E-state index in [1.807, 2.05) is 45.0 Å². The van der Waals surface area contributed by atoms with Gasteiger partial charge >= 0.3 is 6.09 Å². The predicted octanol–water partition coefficient (Wildman–Crippen LogP) is 3.31. The van der Waals surface area contributed by atoms with Gasteiger partial charge in [-0.05, 0) is 46.2 Å². The van der Waals surface area contributed by atoms with Gasteiger partial charge in [0.2, 0.25) is 0 Å². The number of nitrogens with zero attached hydrogens (tertiary/aromatic N) is 2. The van der Waals surface area contributed by atoms with E-state index >= 15 is 0 Å². The number of carbonyl (C=O) groups excluding carboxylic acids is 2. The summed E-state index contributed by atoms with van der Waals surface area (Å²) in [6.07, 6.45) is 0.0201. The average molecular weight is 414 g/mol. The van der Waals surface area contributed by atoms with Crippen molar-refractivity contribution >= 4 is 33.8 Å². The second-order valence-corrected chi connectivity index (χ2v) is 7.87. The Kier molecular flexibility index (Phi) is 6.35. The highest BCUT2D eigenvalue weighted by atomic mass is 16.8. The van der Waals surface area contributed by atoms with Gasteiger partial charge in [-0.1, -0.05) is 23.8 Å². The third-order valence-electron chi connectivity index (χ3n) is 4.41. The molecule has 1 aromatic carbocycles. The summed E-state index contributed by atoms with van der Waals surface area (Å²) >= 11 is 0. The number of para-hydroxylation sites is 1. The molecule has 9 nitrogen and oxygen atoms in total. The van der Waals surface area contributed by atoms with Crippen LogP contribution >= 0.6 is 0 Å². The molecule has 0 bridgehead atoms. The van der Waals surface area contributed by atoms with Crippen molar-refractivity contribution in [1.82, 2.24) is 20.5 Å². The molecule has 0 spiro atoms. The van der Waals surface area contributed by atoms with Crippen molar-refractivity contribution in [1.29, 1.82) is 0 Å². The quantitative estimate of drug-likeness (QED) is 0.419. The van der Waals surface area contributed by atoms with E-state index in [1.54, 1.807) is 18.6 Å². The van der Waals surface area contributed by atoms with Crippen molar-refractivity contribution < 1.29 is 24.4 Å². The Balaban J connectivity index is 2.02. The molecule has 0 aliphatic heterocycles. The minimum Gasteiger partial charge on any atom is -0.443 e. The fraction of sp³-hybridized carbons (Fsp3) is 0.381. The van der Waals surface area contributed by atoms with Crippen LogP contribution in [0.25, 0.3) is 21.8 Å². The highest BCUT2D eigenvalue weighted by molar-refractivity contribution is 6.14. The zero-order chi connectivity index (χ0) is 21.9. The lowest BCUT2D eigenvalue weighted by molar-refractivity contribution is -0.127. The van der Waals surface area contributed by atoms with Crippen LogP contribution in [-0.4, -0.2) is 45.5 Å². The lowest BCUT2D eigenvalue weighted by Gasteiger charge is -2.20. The number of amides is 1. The fourth-order valence-corrected chi connectivity index (χ4v) is 3.27. The van der Waals surface area contributed by atoms with E-state index in [4.69, 9.17) is 9.94 Å². The van der Waals surface area contributed by atoms with Gasteiger partial charge < -0.3 is 10.1 Å². The largest absolute Gasteiger partial charge is 0.443 e. The molecule has 2 aromatic heterocycles. The second kappa shape index (κ2) is 8.78. The van der Waals surface area contributed by atoms with Gasteiger partial charge in [-0.25, -0.2) is 14.3 Å². The molecule has 2 heterocycles. The first kappa shape index (κ1) is 21.7. The molecule has 160 valence electrons. The summed E-state index contributed by atoms with van der Waals surface area (Å²) in [5.74, 6) is -0.328. The Morgan fingerprint density at radius 1 is 1.20 bits per heavy atom. The van der Waals surface area contributed by atoms with E-state index in [0.29, 0.717) is 29.7 Å². The van der Waals surface area contributed by atoms with Crippen LogP contribution in [0.15, 0.2) is 30.3 Å². The fourth-order valence-electron chi connectivity index (χ4n) is 3.27. The Morgan fingerprint density at radius 3 is 2.63 bits per heavy atom. The maximum Gasteiger partial charge on any atom is 0.419 e. The SMILES string of the molecule is Cc1nc(C(=O)NCCCONO)cc2c3ccccc3n(C(=O)OC(C)(C)C)c12. The summed E-state index contributed by atoms with van der Waals surface area (Å²) in [6, 6.07) is 9.16. The maximum absolute atomic E-state index is 12.9. The molecule has 3 rings (SSSR count). The lowest BCUT2D eigenvalue weighted by Crippen LogP contribution is -2.28. The van der Waals surface area contributed by atoms with Crippen molar-refractivity contribution in [3.63, 3.8) is 0 Å². The number of ether oxygens (including phenoxy) is 1. The summed E-state index contributed by atoms with van der Waals surface area (Å²) in [7, 11) is 0. The number of aromatic nitrogens is 2. The minimum absolute atomic E-state index is 0.242. The molecular weight excluding hydrogens is 388 g/mol. The molecule has 0 saturated carbocycles. The third kappa shape index (κ3) is 4.59. The number of fused-ring (bicyclic) bond motifs is 3. The topological polar surface area (TPSA) is 115 Å². The molecule has 3 N–H and O–H groups in total. The van der Waals surface area contributed by atoms with E-state index in [-0.39, 0.29) is 18.2 Å². The first-order chi connectivity index (χ1) is 14.2. The first-order valence-electron chi connectivity index (χ1n) is 9.66. The van der Waals surface area contributed by atoms with Gasteiger partial charge in [0.1, 0.15) is 11.3 Å². The molecule has 0 saturated heterocycles. The average Bonchev–Trinajstić information content (AvgIpc) is 3.01. The monoisotopic (exact) mass is 414 g/mol. The van der Waals surface area contributed by atoms with Crippen LogP contribution in [0.2, 0.25) is 0 Å². The number of benzene rings is 1. The van der Waals surface area contributed by atoms with E-state index in [9.17, 15) is 9.59 Å². The van der Waals surface area contributed by atoms with Crippen LogP contribution in [0.1, 0.15) is 43.4 Å². The van der Waals surface area contributed by atoms with Crippen molar-refractivity contribution in [2.75, 3.05) is 13.2 Å². The van der Waals surface area contributed by atoms with E-state index < -0.39 is 11.7 Å². The predicted molar refractivity (Wildman–Crippen MR) is 111 cm³/mol. The number of hydrogen-bond donors (Lipinski definition) is 3. The smallest absolute Gasteiger partial charge is 0.419 e. The van der Waals surface area contributed by atoms with Gasteiger partial charge in [-0.3, -0.25) is 14.8 Å². The molecule has 30 heavy (non-hydrogen) atoms. The number of carbonyl (C=O) groups is 2. The van der Waals surface area contributed by atoms with Crippen LogP contribution in [-0.2, 0) is 9.57 Å². The Hall–Kier alpha value is -3.01.